The third-order valence-corrected chi connectivity index (χ3v) is 6.33. The second-order valence-corrected chi connectivity index (χ2v) is 9.21. The van der Waals surface area contributed by atoms with E-state index in [1.54, 1.807) is 47.1 Å². The Labute approximate surface area is 211 Å². The first-order valence-corrected chi connectivity index (χ1v) is 12.0. The molecule has 1 aliphatic carbocycles. The summed E-state index contributed by atoms with van der Waals surface area (Å²) in [6.07, 6.45) is -1.69. The first-order chi connectivity index (χ1) is 17.7. The van der Waals surface area contributed by atoms with E-state index in [1.807, 2.05) is 19.1 Å². The number of alkyl halides is 3. The number of aryl methyl sites for hydroxylation is 1. The van der Waals surface area contributed by atoms with Crippen LogP contribution >= 0.6 is 0 Å². The number of hydrogen-bond donors (Lipinski definition) is 3. The minimum absolute atomic E-state index is 0.109. The van der Waals surface area contributed by atoms with Gasteiger partial charge < -0.3 is 15.7 Å². The van der Waals surface area contributed by atoms with Crippen molar-refractivity contribution >= 4 is 17.2 Å². The molecular weight excluding hydrogens is 483 g/mol. The van der Waals surface area contributed by atoms with Gasteiger partial charge >= 0.3 is 6.18 Å². The molecule has 0 saturated heterocycles. The summed E-state index contributed by atoms with van der Waals surface area (Å²) in [5, 5.41) is 20.4. The highest BCUT2D eigenvalue weighted by atomic mass is 19.4. The van der Waals surface area contributed by atoms with E-state index in [-0.39, 0.29) is 25.1 Å². The normalized spacial score (nSPS) is 13.6. The highest BCUT2D eigenvalue weighted by Crippen LogP contribution is 2.31. The molecular formula is C27H26F3N5O2. The van der Waals surface area contributed by atoms with E-state index in [0.29, 0.717) is 39.4 Å². The second kappa shape index (κ2) is 9.85. The Morgan fingerprint density at radius 3 is 2.65 bits per heavy atom. The first kappa shape index (κ1) is 24.8. The topological polar surface area (TPSA) is 91.6 Å². The molecule has 1 fully saturated rings. The van der Waals surface area contributed by atoms with Gasteiger partial charge in [0.1, 0.15) is 0 Å². The van der Waals surface area contributed by atoms with E-state index in [2.05, 4.69) is 15.6 Å². The maximum absolute atomic E-state index is 12.8. The van der Waals surface area contributed by atoms with Crippen LogP contribution in [0.15, 0.2) is 54.7 Å². The van der Waals surface area contributed by atoms with Crippen molar-refractivity contribution in [3.8, 4) is 22.5 Å². The van der Waals surface area contributed by atoms with Crippen LogP contribution in [0.5, 0.6) is 0 Å². The fourth-order valence-electron chi connectivity index (χ4n) is 4.24. The van der Waals surface area contributed by atoms with Gasteiger partial charge in [0.2, 0.25) is 0 Å². The van der Waals surface area contributed by atoms with Gasteiger partial charge in [-0.15, -0.1) is 0 Å². The molecule has 0 atom stereocenters. The zero-order chi connectivity index (χ0) is 26.2. The Hall–Kier alpha value is -3.92. The van der Waals surface area contributed by atoms with Gasteiger partial charge in [0.05, 0.1) is 36.3 Å². The van der Waals surface area contributed by atoms with Crippen LogP contribution in [0.4, 0.5) is 18.9 Å². The van der Waals surface area contributed by atoms with Crippen LogP contribution in [0.2, 0.25) is 0 Å². The molecule has 37 heavy (non-hydrogen) atoms. The van der Waals surface area contributed by atoms with E-state index in [4.69, 9.17) is 5.10 Å². The van der Waals surface area contributed by atoms with Gasteiger partial charge in [-0.3, -0.25) is 4.79 Å². The Balaban J connectivity index is 1.57. The molecule has 0 bridgehead atoms. The predicted molar refractivity (Wildman–Crippen MR) is 134 cm³/mol. The van der Waals surface area contributed by atoms with E-state index in [1.165, 1.54) is 0 Å². The maximum Gasteiger partial charge on any atom is 0.390 e. The molecule has 2 heterocycles. The average molecular weight is 510 g/mol. The predicted octanol–water partition coefficient (Wildman–Crippen LogP) is 5.12. The lowest BCUT2D eigenvalue weighted by molar-refractivity contribution is -0.131. The summed E-state index contributed by atoms with van der Waals surface area (Å²) in [7, 11) is 0. The van der Waals surface area contributed by atoms with Crippen LogP contribution in [0, 0.1) is 6.92 Å². The molecule has 0 aliphatic heterocycles. The zero-order valence-corrected chi connectivity index (χ0v) is 20.1. The molecule has 7 nitrogen and oxygen atoms in total. The largest absolute Gasteiger partial charge is 0.392 e. The Kier molecular flexibility index (Phi) is 6.59. The smallest absolute Gasteiger partial charge is 0.390 e. The van der Waals surface area contributed by atoms with Gasteiger partial charge in [-0.25, -0.2) is 9.50 Å². The summed E-state index contributed by atoms with van der Waals surface area (Å²) in [6.45, 7) is 1.32. The fraction of sp³-hybridized carbons (Fsp3) is 0.296. The molecule has 0 unspecified atom stereocenters. The zero-order valence-electron chi connectivity index (χ0n) is 20.1. The number of amides is 1. The van der Waals surface area contributed by atoms with Gasteiger partial charge in [-0.05, 0) is 49.1 Å². The van der Waals surface area contributed by atoms with Crippen LogP contribution < -0.4 is 10.6 Å². The van der Waals surface area contributed by atoms with Crippen LogP contribution in [-0.2, 0) is 6.61 Å². The monoisotopic (exact) mass is 509 g/mol. The third kappa shape index (κ3) is 5.43. The minimum atomic E-state index is -4.30. The number of aromatic nitrogens is 3. The molecule has 2 aromatic heterocycles. The highest BCUT2D eigenvalue weighted by Gasteiger charge is 2.27. The number of rotatable bonds is 8. The van der Waals surface area contributed by atoms with Crippen molar-refractivity contribution in [1.82, 2.24) is 19.9 Å². The van der Waals surface area contributed by atoms with Crippen molar-refractivity contribution in [2.45, 2.75) is 45.0 Å². The number of anilines is 1. The summed E-state index contributed by atoms with van der Waals surface area (Å²) in [5.74, 6) is -0.109. The van der Waals surface area contributed by atoms with E-state index >= 15 is 0 Å². The van der Waals surface area contributed by atoms with Crippen molar-refractivity contribution < 1.29 is 23.1 Å². The number of aliphatic hydroxyl groups is 1. The van der Waals surface area contributed by atoms with Crippen molar-refractivity contribution in [2.75, 3.05) is 11.9 Å². The van der Waals surface area contributed by atoms with Crippen molar-refractivity contribution in [1.29, 1.82) is 0 Å². The van der Waals surface area contributed by atoms with Crippen LogP contribution in [0.25, 0.3) is 28.2 Å². The number of imidazole rings is 1. The number of fused-ring (bicyclic) bond motifs is 1. The number of carbonyl (C=O) groups is 1. The third-order valence-electron chi connectivity index (χ3n) is 6.33. The quantitative estimate of drug-likeness (QED) is 0.307. The van der Waals surface area contributed by atoms with Crippen molar-refractivity contribution in [2.24, 2.45) is 0 Å². The lowest BCUT2D eigenvalue weighted by Crippen LogP contribution is -2.26. The number of halogens is 3. The number of nitrogens with zero attached hydrogens (tertiary/aromatic N) is 3. The number of benzene rings is 2. The molecule has 0 radical (unpaired) electrons. The molecule has 192 valence electrons. The summed E-state index contributed by atoms with van der Waals surface area (Å²) in [5.41, 5.74) is 5.29. The highest BCUT2D eigenvalue weighted by molar-refractivity contribution is 5.96. The lowest BCUT2D eigenvalue weighted by atomic mass is 10.0. The number of hydrogen-bond acceptors (Lipinski definition) is 5. The van der Waals surface area contributed by atoms with E-state index < -0.39 is 12.6 Å². The second-order valence-electron chi connectivity index (χ2n) is 9.21. The molecule has 2 aromatic carbocycles. The summed E-state index contributed by atoms with van der Waals surface area (Å²) in [4.78, 5) is 17.0. The number of aliphatic hydroxyl groups excluding tert-OH is 1. The van der Waals surface area contributed by atoms with Crippen molar-refractivity contribution in [3.63, 3.8) is 0 Å². The Morgan fingerprint density at radius 1 is 1.16 bits per heavy atom. The Bertz CT molecular complexity index is 1460. The SMILES string of the molecule is Cc1cc(-c2cnc3c(NCCC(F)(F)F)cc(-c4ccccc4CO)nn23)ccc1C(=O)NC1CC1. The molecule has 5 rings (SSSR count). The number of carbonyl (C=O) groups excluding carboxylic acids is 1. The molecule has 4 aromatic rings. The van der Waals surface area contributed by atoms with Gasteiger partial charge in [0, 0.05) is 29.3 Å². The minimum Gasteiger partial charge on any atom is -0.392 e. The van der Waals surface area contributed by atoms with Crippen LogP contribution in [0.3, 0.4) is 0 Å². The number of nitrogens with one attached hydrogen (secondary N) is 2. The molecule has 0 spiro atoms. The maximum atomic E-state index is 12.8. The van der Waals surface area contributed by atoms with Gasteiger partial charge in [-0.1, -0.05) is 30.3 Å². The molecule has 1 amide bonds. The van der Waals surface area contributed by atoms with Gasteiger partial charge in [-0.2, -0.15) is 18.3 Å². The van der Waals surface area contributed by atoms with E-state index in [9.17, 15) is 23.1 Å². The summed E-state index contributed by atoms with van der Waals surface area (Å²) >= 11 is 0. The standard InChI is InChI=1S/C27H26F3N5O2/c1-16-12-17(6-9-20(16)26(37)33-19-7-8-19)24-14-32-25-23(31-11-10-27(28,29)30)13-22(34-35(24)25)21-5-3-2-4-18(21)15-36/h2-6,9,12-14,19,31,36H,7-8,10-11,15H2,1H3,(H,33,37). The summed E-state index contributed by atoms with van der Waals surface area (Å²) < 4.78 is 40.0. The summed E-state index contributed by atoms with van der Waals surface area (Å²) in [6, 6.07) is 14.5. The van der Waals surface area contributed by atoms with Crippen molar-refractivity contribution in [3.05, 3.63) is 71.4 Å². The van der Waals surface area contributed by atoms with E-state index in [0.717, 1.165) is 24.0 Å². The molecule has 1 aliphatic rings. The lowest BCUT2D eigenvalue weighted by Gasteiger charge is -2.14. The van der Waals surface area contributed by atoms with Crippen LogP contribution in [0.1, 0.15) is 40.7 Å². The fourth-order valence-corrected chi connectivity index (χ4v) is 4.24. The molecule has 10 heteroatoms. The Morgan fingerprint density at radius 2 is 1.95 bits per heavy atom. The van der Waals surface area contributed by atoms with Gasteiger partial charge in [0.15, 0.2) is 5.65 Å². The average Bonchev–Trinajstić information content (AvgIpc) is 3.57. The van der Waals surface area contributed by atoms with Gasteiger partial charge in [0.25, 0.3) is 5.91 Å². The van der Waals surface area contributed by atoms with Crippen LogP contribution in [-0.4, -0.2) is 44.4 Å². The molecule has 3 N–H and O–H groups in total. The molecule has 1 saturated carbocycles. The first-order valence-electron chi connectivity index (χ1n) is 12.0.